The van der Waals surface area contributed by atoms with Crippen LogP contribution >= 0.6 is 0 Å². The molecule has 0 radical (unpaired) electrons. The van der Waals surface area contributed by atoms with Gasteiger partial charge in [0.1, 0.15) is 5.82 Å². The second kappa shape index (κ2) is 5.61. The molecule has 0 bridgehead atoms. The molecule has 2 nitrogen and oxygen atoms in total. The van der Waals surface area contributed by atoms with Crippen molar-refractivity contribution in [1.82, 2.24) is 4.90 Å². The Kier molecular flexibility index (Phi) is 4.13. The van der Waals surface area contributed by atoms with Crippen LogP contribution in [0.5, 0.6) is 0 Å². The number of likely N-dealkylation sites (tertiary alicyclic amines) is 1. The molecular weight excluding hydrogens is 215 g/mol. The summed E-state index contributed by atoms with van der Waals surface area (Å²) in [6, 6.07) is 7.09. The van der Waals surface area contributed by atoms with Crippen LogP contribution < -0.4 is 5.73 Å². The van der Waals surface area contributed by atoms with Crippen molar-refractivity contribution in [2.75, 3.05) is 13.1 Å². The Balaban J connectivity index is 2.34. The summed E-state index contributed by atoms with van der Waals surface area (Å²) in [5.74, 6) is -0.131. The van der Waals surface area contributed by atoms with E-state index >= 15 is 0 Å². The highest BCUT2D eigenvalue weighted by Gasteiger charge is 2.29. The SMILES string of the molecule is CCN1CCCCC(N)C1c1ccccc1F. The highest BCUT2D eigenvalue weighted by atomic mass is 19.1. The molecule has 1 saturated heterocycles. The number of hydrogen-bond donors (Lipinski definition) is 1. The van der Waals surface area contributed by atoms with Crippen LogP contribution in [0.3, 0.4) is 0 Å². The Bertz CT molecular complexity index is 367. The molecular formula is C14H21FN2. The minimum absolute atomic E-state index is 0.0312. The molecule has 1 aromatic rings. The van der Waals surface area contributed by atoms with Gasteiger partial charge < -0.3 is 5.73 Å². The summed E-state index contributed by atoms with van der Waals surface area (Å²) in [5, 5.41) is 0. The Morgan fingerprint density at radius 2 is 2.12 bits per heavy atom. The van der Waals surface area contributed by atoms with E-state index in [1.807, 2.05) is 12.1 Å². The van der Waals surface area contributed by atoms with Crippen molar-refractivity contribution in [2.45, 2.75) is 38.3 Å². The second-order valence-electron chi connectivity index (χ2n) is 4.75. The maximum Gasteiger partial charge on any atom is 0.128 e. The van der Waals surface area contributed by atoms with E-state index in [9.17, 15) is 4.39 Å². The fraction of sp³-hybridized carbons (Fsp3) is 0.571. The van der Waals surface area contributed by atoms with E-state index in [0.717, 1.165) is 37.9 Å². The van der Waals surface area contributed by atoms with Gasteiger partial charge in [-0.3, -0.25) is 4.90 Å². The maximum absolute atomic E-state index is 13.9. The third-order valence-corrected chi connectivity index (χ3v) is 3.66. The molecule has 3 heteroatoms. The van der Waals surface area contributed by atoms with Crippen LogP contribution in [0.25, 0.3) is 0 Å². The van der Waals surface area contributed by atoms with Crippen LogP contribution in [0.2, 0.25) is 0 Å². The van der Waals surface area contributed by atoms with Crippen molar-refractivity contribution >= 4 is 0 Å². The molecule has 0 aliphatic carbocycles. The number of halogens is 1. The van der Waals surface area contributed by atoms with Gasteiger partial charge in [-0.15, -0.1) is 0 Å². The predicted molar refractivity (Wildman–Crippen MR) is 68.2 cm³/mol. The summed E-state index contributed by atoms with van der Waals surface area (Å²) < 4.78 is 13.9. The molecule has 1 aromatic carbocycles. The number of rotatable bonds is 2. The first-order valence-corrected chi connectivity index (χ1v) is 6.48. The maximum atomic E-state index is 13.9. The molecule has 2 unspecified atom stereocenters. The molecule has 1 aliphatic heterocycles. The number of hydrogen-bond acceptors (Lipinski definition) is 2. The fourth-order valence-corrected chi connectivity index (χ4v) is 2.76. The average Bonchev–Trinajstić information content (AvgIpc) is 2.52. The third-order valence-electron chi connectivity index (χ3n) is 3.66. The van der Waals surface area contributed by atoms with E-state index in [2.05, 4.69) is 11.8 Å². The van der Waals surface area contributed by atoms with E-state index in [0.29, 0.717) is 0 Å². The molecule has 0 amide bonds. The van der Waals surface area contributed by atoms with E-state index in [4.69, 9.17) is 5.73 Å². The van der Waals surface area contributed by atoms with E-state index in [1.165, 1.54) is 6.07 Å². The normalized spacial score (nSPS) is 26.8. The van der Waals surface area contributed by atoms with Crippen LogP contribution in [0.1, 0.15) is 37.8 Å². The van der Waals surface area contributed by atoms with Gasteiger partial charge in [-0.1, -0.05) is 31.5 Å². The molecule has 2 atom stereocenters. The van der Waals surface area contributed by atoms with Crippen LogP contribution in [-0.4, -0.2) is 24.0 Å². The Morgan fingerprint density at radius 3 is 2.82 bits per heavy atom. The van der Waals surface area contributed by atoms with Crippen LogP contribution in [-0.2, 0) is 0 Å². The molecule has 0 aromatic heterocycles. The number of likely N-dealkylation sites (N-methyl/N-ethyl adjacent to an activating group) is 1. The highest BCUT2D eigenvalue weighted by molar-refractivity contribution is 5.23. The topological polar surface area (TPSA) is 29.3 Å². The first-order chi connectivity index (χ1) is 8.24. The first kappa shape index (κ1) is 12.5. The molecule has 1 fully saturated rings. The zero-order valence-corrected chi connectivity index (χ0v) is 10.4. The van der Waals surface area contributed by atoms with Crippen molar-refractivity contribution in [1.29, 1.82) is 0 Å². The summed E-state index contributed by atoms with van der Waals surface area (Å²) >= 11 is 0. The zero-order chi connectivity index (χ0) is 12.3. The van der Waals surface area contributed by atoms with Gasteiger partial charge in [0, 0.05) is 11.6 Å². The Morgan fingerprint density at radius 1 is 1.35 bits per heavy atom. The first-order valence-electron chi connectivity index (χ1n) is 6.48. The van der Waals surface area contributed by atoms with Gasteiger partial charge >= 0.3 is 0 Å². The Labute approximate surface area is 103 Å². The largest absolute Gasteiger partial charge is 0.326 e. The minimum Gasteiger partial charge on any atom is -0.326 e. The lowest BCUT2D eigenvalue weighted by Crippen LogP contribution is -2.40. The molecule has 1 aliphatic rings. The van der Waals surface area contributed by atoms with E-state index in [-0.39, 0.29) is 17.9 Å². The Hall–Kier alpha value is -0.930. The van der Waals surface area contributed by atoms with Crippen LogP contribution in [0.4, 0.5) is 4.39 Å². The monoisotopic (exact) mass is 236 g/mol. The molecule has 2 N–H and O–H groups in total. The lowest BCUT2D eigenvalue weighted by molar-refractivity contribution is 0.191. The van der Waals surface area contributed by atoms with Crippen molar-refractivity contribution in [2.24, 2.45) is 5.73 Å². The fourth-order valence-electron chi connectivity index (χ4n) is 2.76. The minimum atomic E-state index is -0.131. The van der Waals surface area contributed by atoms with E-state index < -0.39 is 0 Å². The van der Waals surface area contributed by atoms with Crippen molar-refractivity contribution in [3.05, 3.63) is 35.6 Å². The van der Waals surface area contributed by atoms with Crippen molar-refractivity contribution in [3.63, 3.8) is 0 Å². The van der Waals surface area contributed by atoms with Gasteiger partial charge in [0.05, 0.1) is 6.04 Å². The van der Waals surface area contributed by atoms with Gasteiger partial charge in [-0.2, -0.15) is 0 Å². The molecule has 1 heterocycles. The average molecular weight is 236 g/mol. The van der Waals surface area contributed by atoms with Gasteiger partial charge in [-0.05, 0) is 32.0 Å². The molecule has 0 spiro atoms. The molecule has 17 heavy (non-hydrogen) atoms. The smallest absolute Gasteiger partial charge is 0.128 e. The van der Waals surface area contributed by atoms with Gasteiger partial charge in [-0.25, -0.2) is 4.39 Å². The quantitative estimate of drug-likeness (QED) is 0.855. The molecule has 94 valence electrons. The van der Waals surface area contributed by atoms with E-state index in [1.54, 1.807) is 6.07 Å². The zero-order valence-electron chi connectivity index (χ0n) is 10.4. The summed E-state index contributed by atoms with van der Waals surface area (Å²) in [4.78, 5) is 2.30. The number of nitrogens with two attached hydrogens (primary N) is 1. The summed E-state index contributed by atoms with van der Waals surface area (Å²) in [6.45, 7) is 4.06. The van der Waals surface area contributed by atoms with Gasteiger partial charge in [0.2, 0.25) is 0 Å². The second-order valence-corrected chi connectivity index (χ2v) is 4.75. The lowest BCUT2D eigenvalue weighted by atomic mass is 9.96. The van der Waals surface area contributed by atoms with Gasteiger partial charge in [0.15, 0.2) is 0 Å². The van der Waals surface area contributed by atoms with Gasteiger partial charge in [0.25, 0.3) is 0 Å². The number of nitrogens with zero attached hydrogens (tertiary/aromatic N) is 1. The summed E-state index contributed by atoms with van der Waals surface area (Å²) in [6.07, 6.45) is 3.28. The van der Waals surface area contributed by atoms with Crippen LogP contribution in [0, 0.1) is 5.82 Å². The summed E-state index contributed by atoms with van der Waals surface area (Å²) in [5.41, 5.74) is 6.99. The van der Waals surface area contributed by atoms with Crippen LogP contribution in [0.15, 0.2) is 24.3 Å². The van der Waals surface area contributed by atoms with Crippen molar-refractivity contribution < 1.29 is 4.39 Å². The summed E-state index contributed by atoms with van der Waals surface area (Å²) in [7, 11) is 0. The molecule has 2 rings (SSSR count). The lowest BCUT2D eigenvalue weighted by Gasteiger charge is -2.33. The standard InChI is InChI=1S/C14H21FN2/c1-2-17-10-6-5-9-13(16)14(17)11-7-3-4-8-12(11)15/h3-4,7-8,13-14H,2,5-6,9-10,16H2,1H3. The predicted octanol–water partition coefficient (Wildman–Crippen LogP) is 2.70. The molecule has 0 saturated carbocycles. The van der Waals surface area contributed by atoms with Crippen molar-refractivity contribution in [3.8, 4) is 0 Å². The highest BCUT2D eigenvalue weighted by Crippen LogP contribution is 2.30. The number of benzene rings is 1. The third kappa shape index (κ3) is 2.67.